The van der Waals surface area contributed by atoms with Gasteiger partial charge in [0, 0.05) is 22.2 Å². The molecule has 29 heavy (non-hydrogen) atoms. The smallest absolute Gasteiger partial charge is 0.260 e. The SMILES string of the molecule is C/C(=N/Nc1ccc2nnc(-c3ccc(Br)cc3)n2n1)c1ccc([N+](=O)[O-])cc1. The third-order valence-corrected chi connectivity index (χ3v) is 4.73. The lowest BCUT2D eigenvalue weighted by Gasteiger charge is -2.05. The molecule has 0 atom stereocenters. The molecule has 0 saturated heterocycles. The van der Waals surface area contributed by atoms with Crippen molar-refractivity contribution >= 4 is 38.8 Å². The lowest BCUT2D eigenvalue weighted by molar-refractivity contribution is -0.384. The third-order valence-electron chi connectivity index (χ3n) is 4.20. The predicted molar refractivity (Wildman–Crippen MR) is 113 cm³/mol. The van der Waals surface area contributed by atoms with Crippen LogP contribution in [-0.4, -0.2) is 30.4 Å². The standard InChI is InChI=1S/C19H14BrN7O2/c1-12(13-4-8-16(9-5-13)27(28)29)21-22-17-10-11-18-23-24-19(26(18)25-17)14-2-6-15(20)7-3-14/h2-11H,1H3,(H,22,25)/b21-12-. The zero-order valence-electron chi connectivity index (χ0n) is 15.2. The topological polar surface area (TPSA) is 111 Å². The van der Waals surface area contributed by atoms with E-state index in [-0.39, 0.29) is 5.69 Å². The fraction of sp³-hybridized carbons (Fsp3) is 0.0526. The van der Waals surface area contributed by atoms with Crippen LogP contribution in [0.25, 0.3) is 17.0 Å². The largest absolute Gasteiger partial charge is 0.269 e. The van der Waals surface area contributed by atoms with Gasteiger partial charge in [-0.05, 0) is 48.9 Å². The minimum Gasteiger partial charge on any atom is -0.260 e. The number of halogens is 1. The average Bonchev–Trinajstić information content (AvgIpc) is 3.16. The van der Waals surface area contributed by atoms with E-state index in [9.17, 15) is 10.1 Å². The van der Waals surface area contributed by atoms with Gasteiger partial charge < -0.3 is 0 Å². The minimum absolute atomic E-state index is 0.0368. The number of aromatic nitrogens is 4. The van der Waals surface area contributed by atoms with Gasteiger partial charge in [-0.3, -0.25) is 15.5 Å². The Hall–Kier alpha value is -3.66. The number of rotatable bonds is 5. The number of hydrogen-bond acceptors (Lipinski definition) is 7. The highest BCUT2D eigenvalue weighted by Crippen LogP contribution is 2.21. The second-order valence-electron chi connectivity index (χ2n) is 6.13. The number of nitrogens with zero attached hydrogens (tertiary/aromatic N) is 6. The number of hydrazone groups is 1. The molecule has 0 bridgehead atoms. The maximum Gasteiger partial charge on any atom is 0.269 e. The van der Waals surface area contributed by atoms with E-state index < -0.39 is 4.92 Å². The van der Waals surface area contributed by atoms with Gasteiger partial charge in [-0.25, -0.2) is 0 Å². The minimum atomic E-state index is -0.435. The van der Waals surface area contributed by atoms with Crippen LogP contribution in [0.4, 0.5) is 11.5 Å². The Morgan fingerprint density at radius 2 is 1.79 bits per heavy atom. The molecule has 0 aliphatic heterocycles. The lowest BCUT2D eigenvalue weighted by atomic mass is 10.1. The highest BCUT2D eigenvalue weighted by molar-refractivity contribution is 9.10. The van der Waals surface area contributed by atoms with Gasteiger partial charge in [-0.15, -0.1) is 15.3 Å². The quantitative estimate of drug-likeness (QED) is 0.275. The number of non-ortho nitro benzene ring substituents is 1. The summed E-state index contributed by atoms with van der Waals surface area (Å²) in [7, 11) is 0. The summed E-state index contributed by atoms with van der Waals surface area (Å²) < 4.78 is 2.61. The molecule has 4 rings (SSSR count). The zero-order valence-corrected chi connectivity index (χ0v) is 16.7. The molecular weight excluding hydrogens is 438 g/mol. The van der Waals surface area contributed by atoms with E-state index in [0.29, 0.717) is 23.0 Å². The Kier molecular flexibility index (Phi) is 5.00. The summed E-state index contributed by atoms with van der Waals surface area (Å²) in [5, 5.41) is 28.0. The summed E-state index contributed by atoms with van der Waals surface area (Å²) >= 11 is 3.42. The van der Waals surface area contributed by atoms with E-state index in [2.05, 4.69) is 41.8 Å². The van der Waals surface area contributed by atoms with Crippen LogP contribution in [0.15, 0.2) is 70.2 Å². The first-order chi connectivity index (χ1) is 14.0. The Bertz CT molecular complexity index is 1220. The summed E-state index contributed by atoms with van der Waals surface area (Å²) in [4.78, 5) is 10.3. The molecule has 10 heteroatoms. The molecule has 0 aliphatic rings. The first-order valence-electron chi connectivity index (χ1n) is 8.55. The molecule has 0 amide bonds. The number of benzene rings is 2. The second-order valence-corrected chi connectivity index (χ2v) is 7.05. The maximum absolute atomic E-state index is 10.8. The summed E-state index contributed by atoms with van der Waals surface area (Å²) in [5.74, 6) is 1.13. The molecule has 0 saturated carbocycles. The van der Waals surface area contributed by atoms with Crippen LogP contribution in [0.3, 0.4) is 0 Å². The van der Waals surface area contributed by atoms with E-state index in [1.807, 2.05) is 24.3 Å². The number of nitrogens with one attached hydrogen (secondary N) is 1. The molecule has 2 aromatic heterocycles. The predicted octanol–water partition coefficient (Wildman–Crippen LogP) is 4.30. The number of nitro benzene ring substituents is 1. The molecule has 144 valence electrons. The Morgan fingerprint density at radius 3 is 2.48 bits per heavy atom. The van der Waals surface area contributed by atoms with Crippen molar-refractivity contribution in [2.75, 3.05) is 5.43 Å². The van der Waals surface area contributed by atoms with Crippen LogP contribution < -0.4 is 5.43 Å². The number of hydrogen-bond donors (Lipinski definition) is 1. The van der Waals surface area contributed by atoms with E-state index in [1.165, 1.54) is 12.1 Å². The highest BCUT2D eigenvalue weighted by Gasteiger charge is 2.10. The van der Waals surface area contributed by atoms with Gasteiger partial charge in [-0.2, -0.15) is 9.62 Å². The Morgan fingerprint density at radius 1 is 1.07 bits per heavy atom. The molecule has 4 aromatic rings. The summed E-state index contributed by atoms with van der Waals surface area (Å²) in [6, 6.07) is 17.5. The van der Waals surface area contributed by atoms with Crippen molar-refractivity contribution in [3.05, 3.63) is 80.8 Å². The fourth-order valence-electron chi connectivity index (χ4n) is 2.66. The van der Waals surface area contributed by atoms with Crippen molar-refractivity contribution in [2.24, 2.45) is 5.10 Å². The third kappa shape index (κ3) is 3.97. The van der Waals surface area contributed by atoms with Gasteiger partial charge >= 0.3 is 0 Å². The van der Waals surface area contributed by atoms with Gasteiger partial charge in [0.1, 0.15) is 0 Å². The van der Waals surface area contributed by atoms with Gasteiger partial charge in [0.05, 0.1) is 10.6 Å². The van der Waals surface area contributed by atoms with Gasteiger partial charge in [-0.1, -0.05) is 28.1 Å². The van der Waals surface area contributed by atoms with E-state index in [1.54, 1.807) is 35.7 Å². The molecule has 2 heterocycles. The molecule has 2 aromatic carbocycles. The fourth-order valence-corrected chi connectivity index (χ4v) is 2.92. The Balaban J connectivity index is 1.59. The highest BCUT2D eigenvalue weighted by atomic mass is 79.9. The number of fused-ring (bicyclic) bond motifs is 1. The molecular formula is C19H14BrN7O2. The van der Waals surface area contributed by atoms with Crippen molar-refractivity contribution in [2.45, 2.75) is 6.92 Å². The van der Waals surface area contributed by atoms with Crippen LogP contribution >= 0.6 is 15.9 Å². The van der Waals surface area contributed by atoms with Crippen LogP contribution in [0.2, 0.25) is 0 Å². The summed E-state index contributed by atoms with van der Waals surface area (Å²) in [5.41, 5.74) is 5.88. The first-order valence-corrected chi connectivity index (χ1v) is 9.34. The molecule has 0 unspecified atom stereocenters. The van der Waals surface area contributed by atoms with Crippen LogP contribution in [0.1, 0.15) is 12.5 Å². The maximum atomic E-state index is 10.8. The average molecular weight is 452 g/mol. The monoisotopic (exact) mass is 451 g/mol. The van der Waals surface area contributed by atoms with Gasteiger partial charge in [0.25, 0.3) is 5.69 Å². The number of nitro groups is 1. The Labute approximate surface area is 173 Å². The number of anilines is 1. The molecule has 0 fully saturated rings. The van der Waals surface area contributed by atoms with Crippen LogP contribution in [-0.2, 0) is 0 Å². The van der Waals surface area contributed by atoms with Crippen LogP contribution in [0.5, 0.6) is 0 Å². The molecule has 0 radical (unpaired) electrons. The van der Waals surface area contributed by atoms with Crippen LogP contribution in [0, 0.1) is 10.1 Å². The van der Waals surface area contributed by atoms with E-state index >= 15 is 0 Å². The van der Waals surface area contributed by atoms with Crippen molar-refractivity contribution in [1.29, 1.82) is 0 Å². The van der Waals surface area contributed by atoms with Crippen molar-refractivity contribution in [1.82, 2.24) is 19.8 Å². The van der Waals surface area contributed by atoms with Crippen molar-refractivity contribution in [3.8, 4) is 11.4 Å². The first kappa shape index (κ1) is 18.7. The zero-order chi connectivity index (χ0) is 20.4. The molecule has 1 N–H and O–H groups in total. The molecule has 0 spiro atoms. The lowest BCUT2D eigenvalue weighted by Crippen LogP contribution is -2.03. The second kappa shape index (κ2) is 7.76. The summed E-state index contributed by atoms with van der Waals surface area (Å²) in [6.45, 7) is 1.80. The van der Waals surface area contributed by atoms with Crippen molar-refractivity contribution < 1.29 is 4.92 Å². The van der Waals surface area contributed by atoms with Gasteiger partial charge in [0.15, 0.2) is 17.3 Å². The summed E-state index contributed by atoms with van der Waals surface area (Å²) in [6.07, 6.45) is 0. The molecule has 9 nitrogen and oxygen atoms in total. The molecule has 0 aliphatic carbocycles. The normalized spacial score (nSPS) is 11.6. The van der Waals surface area contributed by atoms with Crippen molar-refractivity contribution in [3.63, 3.8) is 0 Å². The van der Waals surface area contributed by atoms with Gasteiger partial charge in [0.2, 0.25) is 0 Å². The van der Waals surface area contributed by atoms with E-state index in [4.69, 9.17) is 0 Å². The van der Waals surface area contributed by atoms with E-state index in [0.717, 1.165) is 15.6 Å².